The molecule has 0 radical (unpaired) electrons. The largest absolute Gasteiger partial charge is 0.493 e. The van der Waals surface area contributed by atoms with E-state index in [2.05, 4.69) is 27.3 Å². The molecule has 1 saturated heterocycles. The fourth-order valence-corrected chi connectivity index (χ4v) is 4.34. The van der Waals surface area contributed by atoms with E-state index in [0.29, 0.717) is 29.4 Å². The third kappa shape index (κ3) is 4.64. The van der Waals surface area contributed by atoms with Gasteiger partial charge in [0.1, 0.15) is 5.76 Å². The Labute approximate surface area is 190 Å². The number of benzene rings is 1. The molecule has 0 spiro atoms. The molecular weight excluding hydrogens is 525 g/mol. The molecule has 0 atom stereocenters. The number of ether oxygens (including phenoxy) is 3. The number of halogens is 1. The topological polar surface area (TPSA) is 95.3 Å². The zero-order chi connectivity index (χ0) is 21.8. The second-order valence-electron chi connectivity index (χ2n) is 5.99. The van der Waals surface area contributed by atoms with Gasteiger partial charge in [0, 0.05) is 0 Å². The number of esters is 1. The molecule has 0 bridgehead atoms. The third-order valence-corrected chi connectivity index (χ3v) is 5.78. The summed E-state index contributed by atoms with van der Waals surface area (Å²) < 4.78 is 21.7. The van der Waals surface area contributed by atoms with Crippen LogP contribution in [0.15, 0.2) is 33.6 Å². The molecule has 10 heteroatoms. The Kier molecular flexibility index (Phi) is 7.08. The molecule has 30 heavy (non-hydrogen) atoms. The van der Waals surface area contributed by atoms with Crippen LogP contribution in [0, 0.1) is 3.57 Å². The fraction of sp³-hybridized carbons (Fsp3) is 0.250. The summed E-state index contributed by atoms with van der Waals surface area (Å²) in [4.78, 5) is 38.0. The van der Waals surface area contributed by atoms with Crippen molar-refractivity contribution in [3.05, 3.63) is 49.8 Å². The first kappa shape index (κ1) is 22.2. The van der Waals surface area contributed by atoms with Crippen LogP contribution in [0.4, 0.5) is 4.79 Å². The quantitative estimate of drug-likeness (QED) is 0.290. The first-order valence-electron chi connectivity index (χ1n) is 8.80. The van der Waals surface area contributed by atoms with E-state index in [1.54, 1.807) is 12.1 Å². The van der Waals surface area contributed by atoms with Gasteiger partial charge in [0.15, 0.2) is 11.5 Å². The summed E-state index contributed by atoms with van der Waals surface area (Å²) >= 11 is 2.97. The summed E-state index contributed by atoms with van der Waals surface area (Å²) in [7, 11) is 2.78. The summed E-state index contributed by atoms with van der Waals surface area (Å²) in [5.74, 6) is 0.408. The van der Waals surface area contributed by atoms with Gasteiger partial charge in [0.05, 0.1) is 35.8 Å². The molecule has 0 unspecified atom stereocenters. The first-order chi connectivity index (χ1) is 14.4. The minimum Gasteiger partial charge on any atom is -0.493 e. The number of hydrogen-bond donors (Lipinski definition) is 0. The van der Waals surface area contributed by atoms with E-state index >= 15 is 0 Å². The second kappa shape index (κ2) is 9.56. The van der Waals surface area contributed by atoms with E-state index in [-0.39, 0.29) is 17.2 Å². The molecule has 0 saturated carbocycles. The van der Waals surface area contributed by atoms with Gasteiger partial charge in [-0.3, -0.25) is 14.5 Å². The number of imide groups is 1. The molecule has 0 aliphatic carbocycles. The average Bonchev–Trinajstić information content (AvgIpc) is 3.30. The number of furan rings is 1. The number of amides is 2. The highest BCUT2D eigenvalue weighted by atomic mass is 127. The summed E-state index contributed by atoms with van der Waals surface area (Å²) in [5, 5.41) is -0.421. The van der Waals surface area contributed by atoms with Gasteiger partial charge in [0.2, 0.25) is 5.76 Å². The molecule has 8 nitrogen and oxygen atoms in total. The molecule has 158 valence electrons. The molecule has 3 rings (SSSR count). The molecule has 1 fully saturated rings. The van der Waals surface area contributed by atoms with Crippen molar-refractivity contribution in [1.82, 2.24) is 4.90 Å². The van der Waals surface area contributed by atoms with Crippen molar-refractivity contribution < 1.29 is 33.0 Å². The summed E-state index contributed by atoms with van der Waals surface area (Å²) in [6.07, 6.45) is 1.63. The van der Waals surface area contributed by atoms with Crippen molar-refractivity contribution in [1.29, 1.82) is 0 Å². The number of methoxy groups -OCH3 is 2. The van der Waals surface area contributed by atoms with Crippen LogP contribution in [0.3, 0.4) is 0 Å². The number of rotatable bonds is 7. The van der Waals surface area contributed by atoms with Crippen LogP contribution in [0.25, 0.3) is 6.08 Å². The maximum Gasteiger partial charge on any atom is 0.373 e. The summed E-state index contributed by atoms with van der Waals surface area (Å²) in [6.45, 7) is 2.30. The predicted octanol–water partition coefficient (Wildman–Crippen LogP) is 4.31. The van der Waals surface area contributed by atoms with Crippen LogP contribution in [0.1, 0.15) is 28.8 Å². The van der Waals surface area contributed by atoms with Gasteiger partial charge < -0.3 is 18.6 Å². The predicted molar refractivity (Wildman–Crippen MR) is 118 cm³/mol. The van der Waals surface area contributed by atoms with E-state index in [1.807, 2.05) is 13.0 Å². The second-order valence-corrected chi connectivity index (χ2v) is 8.15. The third-order valence-electron chi connectivity index (χ3n) is 4.07. The van der Waals surface area contributed by atoms with Crippen LogP contribution >= 0.6 is 34.4 Å². The monoisotopic (exact) mass is 543 g/mol. The standard InChI is InChI=1S/C20H18INO7S/c1-4-28-17-13(21)7-11(8-15(17)26-2)9-16-18(23)22(20(25)30-16)10-12-5-6-14(29-12)19(24)27-3/h5-9H,4,10H2,1-3H3/b16-9-. The van der Waals surface area contributed by atoms with Crippen LogP contribution in [0.5, 0.6) is 11.5 Å². The van der Waals surface area contributed by atoms with E-state index in [9.17, 15) is 14.4 Å². The fourth-order valence-electron chi connectivity index (χ4n) is 2.72. The van der Waals surface area contributed by atoms with Crippen LogP contribution in [-0.4, -0.2) is 42.8 Å². The Bertz CT molecular complexity index is 1030. The van der Waals surface area contributed by atoms with E-state index in [1.165, 1.54) is 26.4 Å². The van der Waals surface area contributed by atoms with Crippen molar-refractivity contribution in [3.63, 3.8) is 0 Å². The molecule has 1 aromatic heterocycles. The van der Waals surface area contributed by atoms with E-state index < -0.39 is 17.1 Å². The lowest BCUT2D eigenvalue weighted by Crippen LogP contribution is -2.27. The number of carbonyl (C=O) groups excluding carboxylic acids is 3. The minimum absolute atomic E-state index is 0.00562. The number of thioether (sulfide) groups is 1. The molecule has 0 N–H and O–H groups in total. The highest BCUT2D eigenvalue weighted by molar-refractivity contribution is 14.1. The number of nitrogens with zero attached hydrogens (tertiary/aromatic N) is 1. The molecule has 2 amide bonds. The molecule has 2 heterocycles. The Morgan fingerprint density at radius 3 is 2.70 bits per heavy atom. The Morgan fingerprint density at radius 2 is 2.03 bits per heavy atom. The summed E-state index contributed by atoms with van der Waals surface area (Å²) in [6, 6.07) is 6.55. The SMILES string of the molecule is CCOc1c(I)cc(/C=C2\SC(=O)N(Cc3ccc(C(=O)OC)o3)C2=O)cc1OC. The Morgan fingerprint density at radius 1 is 1.27 bits per heavy atom. The Hall–Kier alpha value is -2.47. The van der Waals surface area contributed by atoms with Crippen molar-refractivity contribution >= 4 is 57.5 Å². The van der Waals surface area contributed by atoms with Crippen molar-refractivity contribution in [2.75, 3.05) is 20.8 Å². The van der Waals surface area contributed by atoms with Gasteiger partial charge in [-0.05, 0) is 77.2 Å². The van der Waals surface area contributed by atoms with Crippen molar-refractivity contribution in [2.45, 2.75) is 13.5 Å². The highest BCUT2D eigenvalue weighted by Crippen LogP contribution is 2.37. The first-order valence-corrected chi connectivity index (χ1v) is 10.7. The smallest absolute Gasteiger partial charge is 0.373 e. The zero-order valence-corrected chi connectivity index (χ0v) is 19.4. The highest BCUT2D eigenvalue weighted by Gasteiger charge is 2.36. The minimum atomic E-state index is -0.630. The lowest BCUT2D eigenvalue weighted by atomic mass is 10.2. The van der Waals surface area contributed by atoms with Gasteiger partial charge in [-0.1, -0.05) is 0 Å². The van der Waals surface area contributed by atoms with Gasteiger partial charge in [-0.25, -0.2) is 4.79 Å². The number of carbonyl (C=O) groups is 3. The summed E-state index contributed by atoms with van der Waals surface area (Å²) in [5.41, 5.74) is 0.705. The van der Waals surface area contributed by atoms with Crippen LogP contribution < -0.4 is 9.47 Å². The lowest BCUT2D eigenvalue weighted by molar-refractivity contribution is -0.123. The molecular formula is C20H18INO7S. The van der Waals surface area contributed by atoms with Crippen molar-refractivity contribution in [3.8, 4) is 11.5 Å². The van der Waals surface area contributed by atoms with Gasteiger partial charge in [-0.2, -0.15) is 0 Å². The average molecular weight is 543 g/mol. The van der Waals surface area contributed by atoms with Crippen molar-refractivity contribution in [2.24, 2.45) is 0 Å². The van der Waals surface area contributed by atoms with Gasteiger partial charge >= 0.3 is 5.97 Å². The molecule has 1 aliphatic rings. The van der Waals surface area contributed by atoms with E-state index in [0.717, 1.165) is 20.2 Å². The normalized spacial score (nSPS) is 15.1. The van der Waals surface area contributed by atoms with E-state index in [4.69, 9.17) is 13.9 Å². The number of hydrogen-bond acceptors (Lipinski definition) is 8. The molecule has 2 aromatic rings. The zero-order valence-electron chi connectivity index (χ0n) is 16.4. The van der Waals surface area contributed by atoms with Crippen LogP contribution in [-0.2, 0) is 16.1 Å². The Balaban J connectivity index is 1.82. The van der Waals surface area contributed by atoms with Gasteiger partial charge in [-0.15, -0.1) is 0 Å². The maximum absolute atomic E-state index is 12.8. The van der Waals surface area contributed by atoms with Crippen LogP contribution in [0.2, 0.25) is 0 Å². The molecule has 1 aromatic carbocycles. The molecule has 1 aliphatic heterocycles. The maximum atomic E-state index is 12.8. The van der Waals surface area contributed by atoms with Gasteiger partial charge in [0.25, 0.3) is 11.1 Å². The lowest BCUT2D eigenvalue weighted by Gasteiger charge is -2.12.